The number of nitro benzene ring substituents is 1. The number of hydrogen-bond donors (Lipinski definition) is 1. The molecule has 0 saturated heterocycles. The Morgan fingerprint density at radius 1 is 1.43 bits per heavy atom. The fourth-order valence-electron chi connectivity index (χ4n) is 2.00. The fourth-order valence-corrected chi connectivity index (χ4v) is 2.69. The van der Waals surface area contributed by atoms with E-state index in [9.17, 15) is 19.7 Å². The summed E-state index contributed by atoms with van der Waals surface area (Å²) in [6.07, 6.45) is 0.243. The maximum absolute atomic E-state index is 11.8. The van der Waals surface area contributed by atoms with Gasteiger partial charge in [0.15, 0.2) is 6.61 Å². The molecule has 0 bridgehead atoms. The highest BCUT2D eigenvalue weighted by Crippen LogP contribution is 2.64. The number of esters is 1. The van der Waals surface area contributed by atoms with Crippen molar-refractivity contribution < 1.29 is 19.2 Å². The van der Waals surface area contributed by atoms with Crippen molar-refractivity contribution in [2.75, 3.05) is 11.9 Å². The van der Waals surface area contributed by atoms with Crippen LogP contribution in [0.4, 0.5) is 11.4 Å². The molecule has 0 radical (unpaired) electrons. The van der Waals surface area contributed by atoms with E-state index in [1.165, 1.54) is 19.1 Å². The third-order valence-electron chi connectivity index (χ3n) is 3.67. The van der Waals surface area contributed by atoms with E-state index in [-0.39, 0.29) is 17.8 Å². The summed E-state index contributed by atoms with van der Waals surface area (Å²) < 4.78 is 3.69. The van der Waals surface area contributed by atoms with Gasteiger partial charge in [0.2, 0.25) is 0 Å². The molecule has 9 heteroatoms. The summed E-state index contributed by atoms with van der Waals surface area (Å²) in [5.41, 5.74) is -0.558. The van der Waals surface area contributed by atoms with Crippen molar-refractivity contribution in [1.29, 1.82) is 0 Å². The molecule has 0 heterocycles. The van der Waals surface area contributed by atoms with Crippen LogP contribution in [-0.4, -0.2) is 27.7 Å². The molecule has 1 aliphatic rings. The molecule has 7 nitrogen and oxygen atoms in total. The van der Waals surface area contributed by atoms with Crippen molar-refractivity contribution in [2.45, 2.75) is 24.6 Å². The normalized spacial score (nSPS) is 21.4. The SMILES string of the molecule is Cc1ccc(NC(=O)COC(=O)C2(C)CC2(Cl)Cl)c([N+](=O)[O-])c1. The Hall–Kier alpha value is -1.86. The van der Waals surface area contributed by atoms with Crippen LogP contribution in [0.1, 0.15) is 18.9 Å². The van der Waals surface area contributed by atoms with E-state index in [1.807, 2.05) is 0 Å². The van der Waals surface area contributed by atoms with E-state index in [4.69, 9.17) is 27.9 Å². The van der Waals surface area contributed by atoms with E-state index < -0.39 is 33.2 Å². The number of carbonyl (C=O) groups excluding carboxylic acids is 2. The molecular weight excluding hydrogens is 347 g/mol. The molecule has 0 aromatic heterocycles. The van der Waals surface area contributed by atoms with Crippen LogP contribution in [0.25, 0.3) is 0 Å². The number of hydrogen-bond acceptors (Lipinski definition) is 5. The summed E-state index contributed by atoms with van der Waals surface area (Å²) >= 11 is 11.7. The molecule has 124 valence electrons. The lowest BCUT2D eigenvalue weighted by molar-refractivity contribution is -0.384. The quantitative estimate of drug-likeness (QED) is 0.376. The Balaban J connectivity index is 1.96. The fraction of sp³-hybridized carbons (Fsp3) is 0.429. The minimum absolute atomic E-state index is 0.0308. The average molecular weight is 361 g/mol. The first-order chi connectivity index (χ1) is 10.6. The number of carbonyl (C=O) groups is 2. The molecule has 1 aromatic carbocycles. The first-order valence-electron chi connectivity index (χ1n) is 6.67. The molecule has 1 aliphatic carbocycles. The molecule has 0 aliphatic heterocycles. The summed E-state index contributed by atoms with van der Waals surface area (Å²) in [5, 5.41) is 13.3. The zero-order chi connectivity index (χ0) is 17.4. The van der Waals surface area contributed by atoms with Gasteiger partial charge in [-0.1, -0.05) is 6.07 Å². The number of amides is 1. The maximum Gasteiger partial charge on any atom is 0.315 e. The number of nitrogens with one attached hydrogen (secondary N) is 1. The number of ether oxygens (including phenoxy) is 1. The second-order valence-corrected chi connectivity index (χ2v) is 7.10. The highest BCUT2D eigenvalue weighted by molar-refractivity contribution is 6.53. The standard InChI is InChI=1S/C14H14Cl2N2O5/c1-8-3-4-9(10(5-8)18(21)22)17-11(19)6-23-12(20)13(2)7-14(13,15)16/h3-5H,6-7H2,1-2H3,(H,17,19). The summed E-state index contributed by atoms with van der Waals surface area (Å²) in [6.45, 7) is 2.66. The van der Waals surface area contributed by atoms with Gasteiger partial charge in [-0.05, 0) is 25.5 Å². The minimum atomic E-state index is -1.18. The van der Waals surface area contributed by atoms with E-state index in [0.717, 1.165) is 0 Å². The van der Waals surface area contributed by atoms with Crippen LogP contribution in [0.15, 0.2) is 18.2 Å². The Kier molecular flexibility index (Phi) is 4.54. The van der Waals surface area contributed by atoms with Crippen molar-refractivity contribution in [2.24, 2.45) is 5.41 Å². The van der Waals surface area contributed by atoms with E-state index in [2.05, 4.69) is 5.32 Å². The Morgan fingerprint density at radius 3 is 2.57 bits per heavy atom. The number of aryl methyl sites for hydroxylation is 1. The lowest BCUT2D eigenvalue weighted by atomic mass is 10.1. The molecule has 1 saturated carbocycles. The third-order valence-corrected chi connectivity index (χ3v) is 4.77. The Labute approximate surface area is 142 Å². The number of nitro groups is 1. The molecule has 23 heavy (non-hydrogen) atoms. The molecule has 0 spiro atoms. The van der Waals surface area contributed by atoms with Crippen LogP contribution in [0.3, 0.4) is 0 Å². The molecule has 1 atom stereocenters. The van der Waals surface area contributed by atoms with Crippen LogP contribution in [0.5, 0.6) is 0 Å². The van der Waals surface area contributed by atoms with Gasteiger partial charge >= 0.3 is 5.97 Å². The summed E-state index contributed by atoms with van der Waals surface area (Å²) in [5.74, 6) is -1.37. The average Bonchev–Trinajstić information content (AvgIpc) is 2.98. The van der Waals surface area contributed by atoms with Crippen molar-refractivity contribution in [3.05, 3.63) is 33.9 Å². The lowest BCUT2D eigenvalue weighted by Gasteiger charge is -2.12. The highest BCUT2D eigenvalue weighted by Gasteiger charge is 2.69. The van der Waals surface area contributed by atoms with E-state index >= 15 is 0 Å². The Morgan fingerprint density at radius 2 is 2.04 bits per heavy atom. The number of anilines is 1. The second-order valence-electron chi connectivity index (χ2n) is 5.62. The predicted octanol–water partition coefficient (Wildman–Crippen LogP) is 2.97. The van der Waals surface area contributed by atoms with Gasteiger partial charge in [0.1, 0.15) is 15.4 Å². The van der Waals surface area contributed by atoms with Gasteiger partial charge in [0.05, 0.1) is 4.92 Å². The van der Waals surface area contributed by atoms with Crippen molar-refractivity contribution >= 4 is 46.5 Å². The van der Waals surface area contributed by atoms with Crippen LogP contribution in [0.2, 0.25) is 0 Å². The largest absolute Gasteiger partial charge is 0.455 e. The molecule has 2 rings (SSSR count). The van der Waals surface area contributed by atoms with Gasteiger partial charge in [-0.25, -0.2) is 0 Å². The second kappa shape index (κ2) is 5.98. The summed E-state index contributed by atoms with van der Waals surface area (Å²) in [4.78, 5) is 34.0. The number of alkyl halides is 2. The van der Waals surface area contributed by atoms with Crippen molar-refractivity contribution in [1.82, 2.24) is 0 Å². The van der Waals surface area contributed by atoms with Gasteiger partial charge in [-0.3, -0.25) is 19.7 Å². The van der Waals surface area contributed by atoms with Gasteiger partial charge in [-0.15, -0.1) is 23.2 Å². The van der Waals surface area contributed by atoms with E-state index in [1.54, 1.807) is 13.0 Å². The number of halogens is 2. The zero-order valence-corrected chi connectivity index (χ0v) is 13.9. The van der Waals surface area contributed by atoms with Crippen molar-refractivity contribution in [3.63, 3.8) is 0 Å². The molecule has 1 N–H and O–H groups in total. The van der Waals surface area contributed by atoms with Gasteiger partial charge < -0.3 is 10.1 Å². The van der Waals surface area contributed by atoms with Crippen LogP contribution < -0.4 is 5.32 Å². The highest BCUT2D eigenvalue weighted by atomic mass is 35.5. The topological polar surface area (TPSA) is 98.5 Å². The zero-order valence-electron chi connectivity index (χ0n) is 12.4. The first kappa shape index (κ1) is 17.5. The third kappa shape index (κ3) is 3.56. The monoisotopic (exact) mass is 360 g/mol. The number of benzene rings is 1. The molecule has 1 amide bonds. The lowest BCUT2D eigenvalue weighted by Crippen LogP contribution is -2.27. The van der Waals surface area contributed by atoms with Gasteiger partial charge in [0, 0.05) is 12.5 Å². The van der Waals surface area contributed by atoms with Gasteiger partial charge in [0.25, 0.3) is 11.6 Å². The molecule has 1 fully saturated rings. The number of rotatable bonds is 5. The summed E-state index contributed by atoms with van der Waals surface area (Å²) in [6, 6.07) is 4.37. The smallest absolute Gasteiger partial charge is 0.315 e. The number of nitrogens with zero attached hydrogens (tertiary/aromatic N) is 1. The van der Waals surface area contributed by atoms with Crippen LogP contribution in [-0.2, 0) is 14.3 Å². The minimum Gasteiger partial charge on any atom is -0.455 e. The molecule has 1 unspecified atom stereocenters. The predicted molar refractivity (Wildman–Crippen MR) is 84.6 cm³/mol. The molecular formula is C14H14Cl2N2O5. The van der Waals surface area contributed by atoms with Crippen LogP contribution in [0, 0.1) is 22.5 Å². The van der Waals surface area contributed by atoms with Crippen LogP contribution >= 0.6 is 23.2 Å². The maximum atomic E-state index is 11.8. The van der Waals surface area contributed by atoms with E-state index in [0.29, 0.717) is 5.56 Å². The first-order valence-corrected chi connectivity index (χ1v) is 7.42. The van der Waals surface area contributed by atoms with Crippen molar-refractivity contribution in [3.8, 4) is 0 Å². The Bertz CT molecular complexity index is 692. The summed E-state index contributed by atoms with van der Waals surface area (Å²) in [7, 11) is 0. The van der Waals surface area contributed by atoms with Gasteiger partial charge in [-0.2, -0.15) is 0 Å². The molecule has 1 aromatic rings.